The molecule has 158 valence electrons. The lowest BCUT2D eigenvalue weighted by Gasteiger charge is -2.36. The van der Waals surface area contributed by atoms with Gasteiger partial charge in [0.05, 0.1) is 12.6 Å². The van der Waals surface area contributed by atoms with Gasteiger partial charge in [-0.3, -0.25) is 9.78 Å². The molecular weight excluding hydrogens is 374 g/mol. The van der Waals surface area contributed by atoms with E-state index in [9.17, 15) is 4.79 Å². The van der Waals surface area contributed by atoms with E-state index in [1.165, 1.54) is 22.9 Å². The van der Waals surface area contributed by atoms with E-state index in [4.69, 9.17) is 4.74 Å². The van der Waals surface area contributed by atoms with E-state index in [-0.39, 0.29) is 11.9 Å². The summed E-state index contributed by atoms with van der Waals surface area (Å²) < 4.78 is 7.52. The van der Waals surface area contributed by atoms with Crippen LogP contribution in [-0.2, 0) is 22.5 Å². The maximum Gasteiger partial charge on any atom is 0.223 e. The van der Waals surface area contributed by atoms with Crippen molar-refractivity contribution in [1.29, 1.82) is 0 Å². The topological polar surface area (TPSA) is 47.4 Å². The summed E-state index contributed by atoms with van der Waals surface area (Å²) in [6.07, 6.45) is 11.6. The predicted molar refractivity (Wildman–Crippen MR) is 119 cm³/mol. The van der Waals surface area contributed by atoms with Gasteiger partial charge in [-0.05, 0) is 55.4 Å². The fraction of sp³-hybridized carbons (Fsp3) is 0.440. The third-order valence-corrected chi connectivity index (χ3v) is 6.14. The fourth-order valence-corrected chi connectivity index (χ4v) is 4.62. The van der Waals surface area contributed by atoms with E-state index in [1.54, 1.807) is 13.3 Å². The number of likely N-dealkylation sites (tertiary alicyclic amines) is 1. The fourth-order valence-electron chi connectivity index (χ4n) is 4.62. The van der Waals surface area contributed by atoms with Crippen LogP contribution in [-0.4, -0.2) is 40.6 Å². The summed E-state index contributed by atoms with van der Waals surface area (Å²) >= 11 is 0. The molecule has 1 amide bonds. The van der Waals surface area contributed by atoms with Gasteiger partial charge < -0.3 is 14.2 Å². The van der Waals surface area contributed by atoms with E-state index in [2.05, 4.69) is 51.0 Å². The van der Waals surface area contributed by atoms with Gasteiger partial charge in [0, 0.05) is 56.1 Å². The molecule has 4 rings (SSSR count). The molecule has 0 saturated carbocycles. The molecule has 2 aromatic heterocycles. The first-order valence-electron chi connectivity index (χ1n) is 11.0. The van der Waals surface area contributed by atoms with Crippen LogP contribution in [0.15, 0.2) is 55.0 Å². The van der Waals surface area contributed by atoms with Gasteiger partial charge >= 0.3 is 0 Å². The van der Waals surface area contributed by atoms with Crippen LogP contribution in [0.1, 0.15) is 49.3 Å². The van der Waals surface area contributed by atoms with Gasteiger partial charge in [-0.15, -0.1) is 0 Å². The molecule has 1 atom stereocenters. The van der Waals surface area contributed by atoms with E-state index in [1.807, 2.05) is 12.3 Å². The average Bonchev–Trinajstić information content (AvgIpc) is 3.16. The smallest absolute Gasteiger partial charge is 0.223 e. The van der Waals surface area contributed by atoms with Gasteiger partial charge in [-0.1, -0.05) is 24.3 Å². The number of hydrogen-bond acceptors (Lipinski definition) is 3. The van der Waals surface area contributed by atoms with E-state index >= 15 is 0 Å². The largest absolute Gasteiger partial charge is 0.383 e. The van der Waals surface area contributed by atoms with Crippen LogP contribution in [0, 0.1) is 0 Å². The number of para-hydroxylation sites is 1. The molecule has 1 aromatic carbocycles. The number of carbonyl (C=O) groups is 1. The van der Waals surface area contributed by atoms with Crippen molar-refractivity contribution in [3.8, 4) is 0 Å². The molecule has 0 radical (unpaired) electrons. The predicted octanol–water partition coefficient (Wildman–Crippen LogP) is 4.76. The summed E-state index contributed by atoms with van der Waals surface area (Å²) in [6, 6.07) is 12.7. The number of carbonyl (C=O) groups excluding carboxylic acids is 1. The van der Waals surface area contributed by atoms with Crippen molar-refractivity contribution in [1.82, 2.24) is 14.5 Å². The maximum atomic E-state index is 13.1. The lowest BCUT2D eigenvalue weighted by Crippen LogP contribution is -2.38. The van der Waals surface area contributed by atoms with Crippen molar-refractivity contribution in [3.63, 3.8) is 0 Å². The van der Waals surface area contributed by atoms with Crippen molar-refractivity contribution in [2.24, 2.45) is 0 Å². The minimum absolute atomic E-state index is 0.177. The maximum absolute atomic E-state index is 13.1. The molecule has 1 aliphatic rings. The van der Waals surface area contributed by atoms with Crippen LogP contribution in [0.4, 0.5) is 0 Å². The molecule has 0 aliphatic carbocycles. The molecule has 3 heterocycles. The monoisotopic (exact) mass is 405 g/mol. The SMILES string of the molecule is COCCn1cc(CCCC(=O)N2CCCC[C@@H]2c2cccnc2)c2ccccc21. The zero-order valence-corrected chi connectivity index (χ0v) is 17.8. The number of amides is 1. The number of nitrogens with zero attached hydrogens (tertiary/aromatic N) is 3. The number of aromatic nitrogens is 2. The van der Waals surface area contributed by atoms with Crippen molar-refractivity contribution < 1.29 is 9.53 Å². The summed E-state index contributed by atoms with van der Waals surface area (Å²) in [4.78, 5) is 19.4. The molecule has 5 nitrogen and oxygen atoms in total. The Morgan fingerprint density at radius 1 is 1.20 bits per heavy atom. The summed E-state index contributed by atoms with van der Waals surface area (Å²) in [5.41, 5.74) is 3.72. The van der Waals surface area contributed by atoms with Gasteiger partial charge in [0.2, 0.25) is 5.91 Å². The molecular formula is C25H31N3O2. The second-order valence-corrected chi connectivity index (χ2v) is 8.10. The average molecular weight is 406 g/mol. The van der Waals surface area contributed by atoms with E-state index in [0.29, 0.717) is 13.0 Å². The Morgan fingerprint density at radius 3 is 2.93 bits per heavy atom. The highest BCUT2D eigenvalue weighted by Crippen LogP contribution is 2.31. The Bertz CT molecular complexity index is 967. The van der Waals surface area contributed by atoms with Gasteiger partial charge in [-0.25, -0.2) is 0 Å². The van der Waals surface area contributed by atoms with E-state index in [0.717, 1.165) is 44.3 Å². The lowest BCUT2D eigenvalue weighted by atomic mass is 9.95. The zero-order chi connectivity index (χ0) is 20.8. The van der Waals surface area contributed by atoms with Gasteiger partial charge in [0.1, 0.15) is 0 Å². The molecule has 0 N–H and O–H groups in total. The lowest BCUT2D eigenvalue weighted by molar-refractivity contribution is -0.135. The number of methoxy groups -OCH3 is 1. The normalized spacial score (nSPS) is 16.8. The standard InChI is InChI=1S/C25H31N3O2/c1-30-17-16-27-19-21(22-10-2-3-12-24(22)27)8-6-13-25(29)28-15-5-4-11-23(28)20-9-7-14-26-18-20/h2-3,7,9-10,12,14,18-19,23H,4-6,8,11,13,15-17H2,1H3/t23-/m1/s1. The molecule has 1 saturated heterocycles. The van der Waals surface area contributed by atoms with Gasteiger partial charge in [0.25, 0.3) is 0 Å². The Hall–Kier alpha value is -2.66. The summed E-state index contributed by atoms with van der Waals surface area (Å²) in [5.74, 6) is 0.270. The molecule has 1 fully saturated rings. The first kappa shape index (κ1) is 20.6. The highest BCUT2D eigenvalue weighted by atomic mass is 16.5. The molecule has 0 bridgehead atoms. The van der Waals surface area contributed by atoms with Crippen LogP contribution >= 0.6 is 0 Å². The third-order valence-electron chi connectivity index (χ3n) is 6.14. The number of rotatable bonds is 8. The number of ether oxygens (including phenoxy) is 1. The van der Waals surface area contributed by atoms with Crippen molar-refractivity contribution >= 4 is 16.8 Å². The quantitative estimate of drug-likeness (QED) is 0.543. The Morgan fingerprint density at radius 2 is 2.10 bits per heavy atom. The van der Waals surface area contributed by atoms with E-state index < -0.39 is 0 Å². The van der Waals surface area contributed by atoms with Crippen LogP contribution in [0.25, 0.3) is 10.9 Å². The van der Waals surface area contributed by atoms with Crippen molar-refractivity contribution in [2.45, 2.75) is 51.1 Å². The molecule has 3 aromatic rings. The van der Waals surface area contributed by atoms with Crippen LogP contribution in [0.2, 0.25) is 0 Å². The number of piperidine rings is 1. The highest BCUT2D eigenvalue weighted by molar-refractivity contribution is 5.84. The van der Waals surface area contributed by atoms with Crippen molar-refractivity contribution in [2.75, 3.05) is 20.3 Å². The number of pyridine rings is 1. The Kier molecular flexibility index (Phi) is 6.80. The molecule has 1 aliphatic heterocycles. The van der Waals surface area contributed by atoms with Crippen LogP contribution < -0.4 is 0 Å². The number of benzene rings is 1. The minimum atomic E-state index is 0.177. The van der Waals surface area contributed by atoms with Gasteiger partial charge in [-0.2, -0.15) is 0 Å². The molecule has 0 spiro atoms. The third kappa shape index (κ3) is 4.57. The number of fused-ring (bicyclic) bond motifs is 1. The zero-order valence-electron chi connectivity index (χ0n) is 17.8. The molecule has 0 unspecified atom stereocenters. The molecule has 5 heteroatoms. The van der Waals surface area contributed by atoms with Crippen molar-refractivity contribution in [3.05, 3.63) is 66.1 Å². The highest BCUT2D eigenvalue weighted by Gasteiger charge is 2.27. The summed E-state index contributed by atoms with van der Waals surface area (Å²) in [5, 5.41) is 1.28. The first-order chi connectivity index (χ1) is 14.8. The Balaban J connectivity index is 1.41. The molecule has 30 heavy (non-hydrogen) atoms. The minimum Gasteiger partial charge on any atom is -0.383 e. The van der Waals surface area contributed by atoms with Gasteiger partial charge in [0.15, 0.2) is 0 Å². The summed E-state index contributed by atoms with van der Waals surface area (Å²) in [7, 11) is 1.73. The second kappa shape index (κ2) is 9.90. The van der Waals surface area contributed by atoms with Crippen LogP contribution in [0.3, 0.4) is 0 Å². The first-order valence-corrected chi connectivity index (χ1v) is 11.0. The Labute approximate surface area is 178 Å². The second-order valence-electron chi connectivity index (χ2n) is 8.10. The number of aryl methyl sites for hydroxylation is 1. The van der Waals surface area contributed by atoms with Crippen LogP contribution in [0.5, 0.6) is 0 Å². The summed E-state index contributed by atoms with van der Waals surface area (Å²) in [6.45, 7) is 2.40. The number of hydrogen-bond donors (Lipinski definition) is 0.